The number of hydrogen-bond acceptors (Lipinski definition) is 2. The van der Waals surface area contributed by atoms with Crippen LogP contribution in [0, 0.1) is 6.92 Å². The Kier molecular flexibility index (Phi) is 9.60. The monoisotopic (exact) mass is 815 g/mol. The molecular weight excluding hydrogens is 747 g/mol. The third kappa shape index (κ3) is 6.76. The topological polar surface area (TPSA) is 6.48 Å². The summed E-state index contributed by atoms with van der Waals surface area (Å²) in [6, 6.07) is 46.0. The van der Waals surface area contributed by atoms with Gasteiger partial charge in [0.25, 0.3) is 6.71 Å². The molecular formula is C59H67BN2. The lowest BCUT2D eigenvalue weighted by Gasteiger charge is -2.48. The predicted octanol–water partition coefficient (Wildman–Crippen LogP) is 14.7. The van der Waals surface area contributed by atoms with Crippen molar-refractivity contribution in [1.82, 2.24) is 0 Å². The molecule has 2 aliphatic carbocycles. The summed E-state index contributed by atoms with van der Waals surface area (Å²) in [5.41, 5.74) is 23.3. The van der Waals surface area contributed by atoms with Gasteiger partial charge in [-0.25, -0.2) is 0 Å². The summed E-state index contributed by atoms with van der Waals surface area (Å²) in [6.45, 7) is 26.4. The van der Waals surface area contributed by atoms with Crippen LogP contribution in [0.1, 0.15) is 153 Å². The minimum absolute atomic E-state index is 0.000659. The Morgan fingerprint density at radius 2 is 1.11 bits per heavy atom. The van der Waals surface area contributed by atoms with Gasteiger partial charge in [0.05, 0.1) is 5.69 Å². The zero-order valence-corrected chi connectivity index (χ0v) is 39.5. The van der Waals surface area contributed by atoms with Gasteiger partial charge in [0.1, 0.15) is 0 Å². The first-order valence-corrected chi connectivity index (χ1v) is 23.8. The third-order valence-electron chi connectivity index (χ3n) is 15.5. The Labute approximate surface area is 373 Å². The van der Waals surface area contributed by atoms with Crippen molar-refractivity contribution in [3.63, 3.8) is 0 Å². The highest BCUT2D eigenvalue weighted by atomic mass is 15.2. The van der Waals surface area contributed by atoms with Crippen molar-refractivity contribution in [2.45, 2.75) is 149 Å². The largest absolute Gasteiger partial charge is 0.311 e. The lowest BCUT2D eigenvalue weighted by atomic mass is 9.33. The second-order valence-electron chi connectivity index (χ2n) is 22.8. The van der Waals surface area contributed by atoms with E-state index < -0.39 is 0 Å². The fraction of sp³-hybridized carbons (Fsp3) is 0.390. The maximum atomic E-state index is 2.71. The van der Waals surface area contributed by atoms with Gasteiger partial charge >= 0.3 is 0 Å². The van der Waals surface area contributed by atoms with E-state index in [4.69, 9.17) is 0 Å². The molecule has 0 amide bonds. The number of hydrogen-bond donors (Lipinski definition) is 0. The van der Waals surface area contributed by atoms with Gasteiger partial charge in [-0.05, 0) is 164 Å². The number of benzene rings is 6. The van der Waals surface area contributed by atoms with Crippen LogP contribution in [0.3, 0.4) is 0 Å². The Bertz CT molecular complexity index is 2700. The third-order valence-corrected chi connectivity index (χ3v) is 15.5. The van der Waals surface area contributed by atoms with Crippen LogP contribution in [-0.2, 0) is 21.7 Å². The zero-order valence-electron chi connectivity index (χ0n) is 39.5. The van der Waals surface area contributed by atoms with Gasteiger partial charge in [0.15, 0.2) is 0 Å². The fourth-order valence-corrected chi connectivity index (χ4v) is 11.6. The van der Waals surface area contributed by atoms with Crippen LogP contribution < -0.4 is 26.2 Å². The minimum Gasteiger partial charge on any atom is -0.311 e. The van der Waals surface area contributed by atoms with Gasteiger partial charge in [0.2, 0.25) is 0 Å². The standard InChI is InChI=1S/C59H67BN2/c1-38-32-53-55-54(33-38)62(50-28-22-41(39-18-14-12-15-19-39)34-45(50)40-20-16-13-17-21-40)52-37-47-46(58(8,9)30-31-59(47,10)11)36-49(52)60(55)48-35-43(57(5,6)7)25-29-51(48)61(53)44-26-23-42(24-27-44)56(2,3)4/h13,16-17,20-29,32-37,39H,12,14-15,18-19,30-31H2,1-11H3. The summed E-state index contributed by atoms with van der Waals surface area (Å²) in [5, 5.41) is 0. The van der Waals surface area contributed by atoms with Crippen molar-refractivity contribution in [2.75, 3.05) is 9.80 Å². The van der Waals surface area contributed by atoms with Crippen LogP contribution in [0.15, 0.2) is 115 Å². The van der Waals surface area contributed by atoms with Crippen LogP contribution in [0.5, 0.6) is 0 Å². The summed E-state index contributed by atoms with van der Waals surface area (Å²) in [7, 11) is 0. The molecule has 2 heterocycles. The first-order valence-electron chi connectivity index (χ1n) is 23.8. The van der Waals surface area contributed by atoms with Crippen molar-refractivity contribution >= 4 is 57.2 Å². The Hall–Kier alpha value is -5.02. The van der Waals surface area contributed by atoms with Crippen LogP contribution >= 0.6 is 0 Å². The van der Waals surface area contributed by atoms with Gasteiger partial charge in [-0.1, -0.05) is 155 Å². The van der Waals surface area contributed by atoms with Crippen LogP contribution in [-0.4, -0.2) is 6.71 Å². The van der Waals surface area contributed by atoms with Crippen molar-refractivity contribution in [1.29, 1.82) is 0 Å². The molecule has 0 spiro atoms. The minimum atomic E-state index is 0.000659. The molecule has 2 aliphatic heterocycles. The molecule has 6 aromatic rings. The summed E-state index contributed by atoms with van der Waals surface area (Å²) >= 11 is 0. The molecule has 0 aromatic heterocycles. The summed E-state index contributed by atoms with van der Waals surface area (Å²) in [4.78, 5) is 5.30. The second kappa shape index (κ2) is 14.5. The first-order chi connectivity index (χ1) is 29.4. The Balaban J connectivity index is 1.31. The molecule has 6 aromatic carbocycles. The molecule has 62 heavy (non-hydrogen) atoms. The quantitative estimate of drug-likeness (QED) is 0.163. The smallest absolute Gasteiger partial charge is 0.252 e. The molecule has 0 radical (unpaired) electrons. The number of aryl methyl sites for hydroxylation is 1. The van der Waals surface area contributed by atoms with Gasteiger partial charge in [-0.3, -0.25) is 0 Å². The van der Waals surface area contributed by atoms with E-state index in [9.17, 15) is 0 Å². The molecule has 3 heteroatoms. The van der Waals surface area contributed by atoms with Gasteiger partial charge < -0.3 is 9.80 Å². The molecule has 10 rings (SSSR count). The normalized spacial score (nSPS) is 17.9. The highest BCUT2D eigenvalue weighted by Gasteiger charge is 2.47. The van der Waals surface area contributed by atoms with Gasteiger partial charge in [0, 0.05) is 34.0 Å². The summed E-state index contributed by atoms with van der Waals surface area (Å²) in [5.74, 6) is 0.617. The lowest BCUT2D eigenvalue weighted by Crippen LogP contribution is -2.62. The average Bonchev–Trinajstić information content (AvgIpc) is 3.24. The Morgan fingerprint density at radius 3 is 1.76 bits per heavy atom. The summed E-state index contributed by atoms with van der Waals surface area (Å²) < 4.78 is 0. The molecule has 0 atom stereocenters. The molecule has 1 saturated carbocycles. The van der Waals surface area contributed by atoms with Crippen molar-refractivity contribution in [3.05, 3.63) is 149 Å². The molecule has 0 bridgehead atoms. The Morgan fingerprint density at radius 1 is 0.532 bits per heavy atom. The van der Waals surface area contributed by atoms with Gasteiger partial charge in [-0.15, -0.1) is 0 Å². The van der Waals surface area contributed by atoms with Crippen LogP contribution in [0.2, 0.25) is 0 Å². The molecule has 4 aliphatic rings. The molecule has 0 saturated heterocycles. The van der Waals surface area contributed by atoms with E-state index in [2.05, 4.69) is 201 Å². The number of rotatable bonds is 4. The lowest BCUT2D eigenvalue weighted by molar-refractivity contribution is 0.332. The molecule has 0 unspecified atom stereocenters. The molecule has 1 fully saturated rings. The molecule has 0 N–H and O–H groups in total. The molecule has 2 nitrogen and oxygen atoms in total. The maximum absolute atomic E-state index is 2.71. The van der Waals surface area contributed by atoms with Gasteiger partial charge in [-0.2, -0.15) is 0 Å². The van der Waals surface area contributed by atoms with E-state index in [1.807, 2.05) is 0 Å². The summed E-state index contributed by atoms with van der Waals surface area (Å²) in [6.07, 6.45) is 8.95. The second-order valence-corrected chi connectivity index (χ2v) is 22.8. The number of fused-ring (bicyclic) bond motifs is 5. The van der Waals surface area contributed by atoms with E-state index in [0.717, 1.165) is 0 Å². The number of nitrogens with zero attached hydrogens (tertiary/aromatic N) is 2. The van der Waals surface area contributed by atoms with E-state index >= 15 is 0 Å². The molecule has 316 valence electrons. The average molecular weight is 815 g/mol. The van der Waals surface area contributed by atoms with Crippen LogP contribution in [0.25, 0.3) is 11.1 Å². The number of anilines is 6. The highest BCUT2D eigenvalue weighted by Crippen LogP contribution is 2.52. The van der Waals surface area contributed by atoms with E-state index in [-0.39, 0.29) is 28.4 Å². The highest BCUT2D eigenvalue weighted by molar-refractivity contribution is 7.00. The van der Waals surface area contributed by atoms with Crippen LogP contribution in [0.4, 0.5) is 34.1 Å². The zero-order chi connectivity index (χ0) is 43.5. The SMILES string of the molecule is Cc1cc2c3c(c1)N(c1ccc(C4CCCCC4)cc1-c1ccccc1)c1cc4c(cc1B3c1cc(C(C)(C)C)ccc1N2c1ccc(C(C)(C)C)cc1)C(C)(C)CCC4(C)C. The van der Waals surface area contributed by atoms with E-state index in [0.29, 0.717) is 5.92 Å². The fourth-order valence-electron chi connectivity index (χ4n) is 11.6. The van der Waals surface area contributed by atoms with Crippen molar-refractivity contribution in [2.24, 2.45) is 0 Å². The van der Waals surface area contributed by atoms with Crippen molar-refractivity contribution in [3.8, 4) is 11.1 Å². The maximum Gasteiger partial charge on any atom is 0.252 e. The van der Waals surface area contributed by atoms with Crippen molar-refractivity contribution < 1.29 is 0 Å². The predicted molar refractivity (Wildman–Crippen MR) is 269 cm³/mol. The van der Waals surface area contributed by atoms with E-state index in [1.165, 1.54) is 140 Å². The van der Waals surface area contributed by atoms with E-state index in [1.54, 1.807) is 0 Å². The first kappa shape index (κ1) is 41.0.